The summed E-state index contributed by atoms with van der Waals surface area (Å²) in [6.45, 7) is 4.23. The maximum Gasteiger partial charge on any atom is 0.319 e. The van der Waals surface area contributed by atoms with Crippen molar-refractivity contribution >= 4 is 17.6 Å². The van der Waals surface area contributed by atoms with Gasteiger partial charge in [-0.1, -0.05) is 0 Å². The van der Waals surface area contributed by atoms with Gasteiger partial charge in [-0.2, -0.15) is 0 Å². The van der Waals surface area contributed by atoms with Crippen LogP contribution in [0.15, 0.2) is 24.3 Å². The van der Waals surface area contributed by atoms with Crippen LogP contribution < -0.4 is 15.4 Å². The van der Waals surface area contributed by atoms with Crippen molar-refractivity contribution in [2.45, 2.75) is 38.2 Å². The summed E-state index contributed by atoms with van der Waals surface area (Å²) in [7, 11) is 2.13. The number of amides is 3. The number of carbonyl (C=O) groups is 2. The molecule has 1 aromatic carbocycles. The van der Waals surface area contributed by atoms with Crippen LogP contribution in [0.25, 0.3) is 0 Å². The van der Waals surface area contributed by atoms with Gasteiger partial charge < -0.3 is 25.2 Å². The molecule has 3 rings (SSSR count). The first-order valence-electron chi connectivity index (χ1n) is 9.88. The third-order valence-electron chi connectivity index (χ3n) is 5.14. The number of piperidine rings is 1. The summed E-state index contributed by atoms with van der Waals surface area (Å²) in [6.07, 6.45) is 4.73. The molecule has 0 unspecified atom stereocenters. The van der Waals surface area contributed by atoms with E-state index in [0.717, 1.165) is 56.8 Å². The molecule has 7 nitrogen and oxygen atoms in total. The smallest absolute Gasteiger partial charge is 0.319 e. The molecule has 7 heteroatoms. The average molecular weight is 374 g/mol. The molecule has 0 aliphatic carbocycles. The van der Waals surface area contributed by atoms with E-state index >= 15 is 0 Å². The van der Waals surface area contributed by atoms with Crippen molar-refractivity contribution in [3.63, 3.8) is 0 Å². The second-order valence-corrected chi connectivity index (χ2v) is 7.36. The predicted molar refractivity (Wildman–Crippen MR) is 105 cm³/mol. The van der Waals surface area contributed by atoms with Crippen LogP contribution in [0.2, 0.25) is 0 Å². The van der Waals surface area contributed by atoms with Crippen molar-refractivity contribution in [2.24, 2.45) is 0 Å². The van der Waals surface area contributed by atoms with E-state index in [2.05, 4.69) is 22.6 Å². The number of likely N-dealkylation sites (tertiary alicyclic amines) is 2. The van der Waals surface area contributed by atoms with Gasteiger partial charge in [0.25, 0.3) is 0 Å². The van der Waals surface area contributed by atoms with Gasteiger partial charge in [0, 0.05) is 44.8 Å². The van der Waals surface area contributed by atoms with Gasteiger partial charge in [0.2, 0.25) is 5.91 Å². The van der Waals surface area contributed by atoms with E-state index in [1.807, 2.05) is 29.2 Å². The Morgan fingerprint density at radius 2 is 1.93 bits per heavy atom. The second kappa shape index (κ2) is 9.60. The minimum Gasteiger partial charge on any atom is -0.490 e. The first kappa shape index (κ1) is 19.5. The quantitative estimate of drug-likeness (QED) is 0.718. The van der Waals surface area contributed by atoms with Crippen LogP contribution in [0.3, 0.4) is 0 Å². The minimum atomic E-state index is -0.230. The van der Waals surface area contributed by atoms with Gasteiger partial charge in [-0.3, -0.25) is 4.79 Å². The lowest BCUT2D eigenvalue weighted by Gasteiger charge is -2.29. The number of hydrogen-bond donors (Lipinski definition) is 2. The minimum absolute atomic E-state index is 0.224. The first-order valence-corrected chi connectivity index (χ1v) is 9.88. The van der Waals surface area contributed by atoms with E-state index in [-0.39, 0.29) is 18.0 Å². The number of nitrogens with zero attached hydrogens (tertiary/aromatic N) is 2. The van der Waals surface area contributed by atoms with Crippen molar-refractivity contribution in [3.05, 3.63) is 24.3 Å². The maximum atomic E-state index is 12.0. The molecule has 2 heterocycles. The van der Waals surface area contributed by atoms with Crippen LogP contribution in [0.5, 0.6) is 5.75 Å². The molecular weight excluding hydrogens is 344 g/mol. The molecule has 2 aliphatic heterocycles. The number of hydrogen-bond acceptors (Lipinski definition) is 4. The van der Waals surface area contributed by atoms with Crippen molar-refractivity contribution in [1.29, 1.82) is 0 Å². The van der Waals surface area contributed by atoms with Crippen LogP contribution in [-0.2, 0) is 4.79 Å². The normalized spacial score (nSPS) is 18.6. The molecule has 148 valence electrons. The Balaban J connectivity index is 1.33. The second-order valence-electron chi connectivity index (χ2n) is 7.36. The molecular formula is C20H30N4O3. The lowest BCUT2D eigenvalue weighted by molar-refractivity contribution is -0.127. The molecule has 2 aliphatic rings. The van der Waals surface area contributed by atoms with Gasteiger partial charge in [-0.15, -0.1) is 0 Å². The van der Waals surface area contributed by atoms with Crippen LogP contribution in [0, 0.1) is 0 Å². The maximum absolute atomic E-state index is 12.0. The third kappa shape index (κ3) is 6.13. The van der Waals surface area contributed by atoms with E-state index in [1.165, 1.54) is 0 Å². The number of ether oxygens (including phenoxy) is 1. The van der Waals surface area contributed by atoms with E-state index in [9.17, 15) is 9.59 Å². The van der Waals surface area contributed by atoms with Gasteiger partial charge in [-0.25, -0.2) is 4.79 Å². The Kier molecular flexibility index (Phi) is 6.92. The monoisotopic (exact) mass is 374 g/mol. The van der Waals surface area contributed by atoms with Gasteiger partial charge in [0.1, 0.15) is 11.9 Å². The summed E-state index contributed by atoms with van der Waals surface area (Å²) in [5.74, 6) is 1.06. The third-order valence-corrected chi connectivity index (χ3v) is 5.14. The van der Waals surface area contributed by atoms with E-state index < -0.39 is 0 Å². The summed E-state index contributed by atoms with van der Waals surface area (Å²) in [5.41, 5.74) is 0.734. The first-order chi connectivity index (χ1) is 13.1. The Morgan fingerprint density at radius 3 is 2.59 bits per heavy atom. The zero-order valence-electron chi connectivity index (χ0n) is 16.1. The lowest BCUT2D eigenvalue weighted by Crippen LogP contribution is -2.35. The van der Waals surface area contributed by atoms with Crippen LogP contribution in [-0.4, -0.2) is 67.6 Å². The highest BCUT2D eigenvalue weighted by atomic mass is 16.5. The number of urea groups is 1. The van der Waals surface area contributed by atoms with E-state index in [1.54, 1.807) is 0 Å². The molecule has 27 heavy (non-hydrogen) atoms. The van der Waals surface area contributed by atoms with E-state index in [0.29, 0.717) is 19.5 Å². The Hall–Kier alpha value is -2.28. The highest BCUT2D eigenvalue weighted by molar-refractivity contribution is 5.89. The highest BCUT2D eigenvalue weighted by Gasteiger charge is 2.19. The van der Waals surface area contributed by atoms with Crippen LogP contribution >= 0.6 is 0 Å². The zero-order chi connectivity index (χ0) is 19.1. The molecule has 0 atom stereocenters. The Labute approximate surface area is 161 Å². The standard InChI is InChI=1S/C20H30N4O3/c1-23-14-9-18(10-15-23)27-17-7-5-16(6-8-17)22-20(26)21-11-3-13-24-12-2-4-19(24)25/h5-8,18H,2-4,9-15H2,1H3,(H2,21,22,26). The molecule has 0 saturated carbocycles. The van der Waals surface area contributed by atoms with Crippen molar-refractivity contribution in [3.8, 4) is 5.75 Å². The fraction of sp³-hybridized carbons (Fsp3) is 0.600. The number of benzene rings is 1. The van der Waals surface area contributed by atoms with Gasteiger partial charge in [0.15, 0.2) is 0 Å². The van der Waals surface area contributed by atoms with Crippen molar-refractivity contribution < 1.29 is 14.3 Å². The lowest BCUT2D eigenvalue weighted by atomic mass is 10.1. The number of rotatable bonds is 7. The van der Waals surface area contributed by atoms with Gasteiger partial charge in [0.05, 0.1) is 0 Å². The molecule has 3 amide bonds. The number of anilines is 1. The largest absolute Gasteiger partial charge is 0.490 e. The van der Waals surface area contributed by atoms with Crippen molar-refractivity contribution in [2.75, 3.05) is 45.1 Å². The highest BCUT2D eigenvalue weighted by Crippen LogP contribution is 2.20. The average Bonchev–Trinajstić information content (AvgIpc) is 3.07. The molecule has 0 spiro atoms. The number of nitrogens with one attached hydrogen (secondary N) is 2. The summed E-state index contributed by atoms with van der Waals surface area (Å²) in [6, 6.07) is 7.27. The molecule has 2 saturated heterocycles. The molecule has 0 bridgehead atoms. The fourth-order valence-electron chi connectivity index (χ4n) is 3.50. The van der Waals surface area contributed by atoms with E-state index in [4.69, 9.17) is 4.74 Å². The molecule has 1 aromatic rings. The van der Waals surface area contributed by atoms with Crippen LogP contribution in [0.1, 0.15) is 32.1 Å². The molecule has 0 radical (unpaired) electrons. The SMILES string of the molecule is CN1CCC(Oc2ccc(NC(=O)NCCCN3CCCC3=O)cc2)CC1. The molecule has 2 fully saturated rings. The fourth-order valence-corrected chi connectivity index (χ4v) is 3.50. The topological polar surface area (TPSA) is 73.9 Å². The summed E-state index contributed by atoms with van der Waals surface area (Å²) < 4.78 is 6.01. The predicted octanol–water partition coefficient (Wildman–Crippen LogP) is 2.29. The van der Waals surface area contributed by atoms with Crippen LogP contribution in [0.4, 0.5) is 10.5 Å². The van der Waals surface area contributed by atoms with Gasteiger partial charge in [-0.05, 0) is 57.0 Å². The summed E-state index contributed by atoms with van der Waals surface area (Å²) in [4.78, 5) is 27.7. The van der Waals surface area contributed by atoms with Crippen molar-refractivity contribution in [1.82, 2.24) is 15.1 Å². The summed E-state index contributed by atoms with van der Waals surface area (Å²) in [5, 5.41) is 5.65. The molecule has 2 N–H and O–H groups in total. The van der Waals surface area contributed by atoms with Gasteiger partial charge >= 0.3 is 6.03 Å². The Bertz CT molecular complexity index is 627. The zero-order valence-corrected chi connectivity index (χ0v) is 16.1. The summed E-state index contributed by atoms with van der Waals surface area (Å²) >= 11 is 0. The molecule has 0 aromatic heterocycles. The Morgan fingerprint density at radius 1 is 1.19 bits per heavy atom. The number of carbonyl (C=O) groups excluding carboxylic acids is 2.